The first-order chi connectivity index (χ1) is 5.72. The zero-order valence-electron chi connectivity index (χ0n) is 8.08. The van der Waals surface area contributed by atoms with Gasteiger partial charge in [-0.1, -0.05) is 19.0 Å². The van der Waals surface area contributed by atoms with Crippen LogP contribution in [0.3, 0.4) is 0 Å². The summed E-state index contributed by atoms with van der Waals surface area (Å²) in [6.45, 7) is 4.55. The fourth-order valence-corrected chi connectivity index (χ4v) is 2.01. The Balaban J connectivity index is 2.26. The molecule has 0 amide bonds. The van der Waals surface area contributed by atoms with Crippen molar-refractivity contribution in [1.29, 1.82) is 0 Å². The van der Waals surface area contributed by atoms with Crippen LogP contribution in [0.25, 0.3) is 0 Å². The van der Waals surface area contributed by atoms with Crippen molar-refractivity contribution in [2.45, 2.75) is 46.0 Å². The van der Waals surface area contributed by atoms with Crippen molar-refractivity contribution in [1.82, 2.24) is 0 Å². The van der Waals surface area contributed by atoms with Gasteiger partial charge in [-0.25, -0.2) is 0 Å². The van der Waals surface area contributed by atoms with E-state index in [1.54, 1.807) is 0 Å². The molecule has 0 bridgehead atoms. The van der Waals surface area contributed by atoms with E-state index in [0.29, 0.717) is 0 Å². The van der Waals surface area contributed by atoms with Gasteiger partial charge in [-0.05, 0) is 43.9 Å². The molecule has 0 aromatic heterocycles. The van der Waals surface area contributed by atoms with Crippen LogP contribution < -0.4 is 0 Å². The van der Waals surface area contributed by atoms with Crippen molar-refractivity contribution < 1.29 is 5.21 Å². The quantitative estimate of drug-likeness (QED) is 0.500. The van der Waals surface area contributed by atoms with Crippen LogP contribution in [0.1, 0.15) is 46.0 Å². The monoisotopic (exact) mass is 169 g/mol. The smallest absolute Gasteiger partial charge is 0.0571 e. The molecule has 0 spiro atoms. The molecule has 0 aromatic carbocycles. The highest BCUT2D eigenvalue weighted by Gasteiger charge is 2.18. The second-order valence-electron chi connectivity index (χ2n) is 4.24. The number of hydrogen-bond acceptors (Lipinski definition) is 2. The van der Waals surface area contributed by atoms with E-state index < -0.39 is 0 Å². The van der Waals surface area contributed by atoms with Crippen LogP contribution >= 0.6 is 0 Å². The van der Waals surface area contributed by atoms with Crippen LogP contribution in [0, 0.1) is 11.8 Å². The SMILES string of the molecule is CC(C)CC1CCC(=NO)CC1. The van der Waals surface area contributed by atoms with E-state index in [0.717, 1.165) is 30.4 Å². The maximum absolute atomic E-state index is 8.55. The normalized spacial score (nSPS) is 24.6. The Hall–Kier alpha value is -0.530. The van der Waals surface area contributed by atoms with Crippen molar-refractivity contribution in [3.63, 3.8) is 0 Å². The predicted octanol–water partition coefficient (Wildman–Crippen LogP) is 3.05. The number of rotatable bonds is 2. The van der Waals surface area contributed by atoms with Crippen molar-refractivity contribution in [2.24, 2.45) is 17.0 Å². The van der Waals surface area contributed by atoms with E-state index in [4.69, 9.17) is 5.21 Å². The summed E-state index contributed by atoms with van der Waals surface area (Å²) in [6.07, 6.45) is 5.79. The van der Waals surface area contributed by atoms with Gasteiger partial charge in [0.2, 0.25) is 0 Å². The summed E-state index contributed by atoms with van der Waals surface area (Å²) >= 11 is 0. The second-order valence-corrected chi connectivity index (χ2v) is 4.24. The minimum atomic E-state index is 0.808. The lowest BCUT2D eigenvalue weighted by atomic mass is 9.83. The summed E-state index contributed by atoms with van der Waals surface area (Å²) in [5.41, 5.74) is 0.995. The van der Waals surface area contributed by atoms with E-state index in [-0.39, 0.29) is 0 Å². The highest BCUT2D eigenvalue weighted by atomic mass is 16.4. The molecule has 1 saturated carbocycles. The molecule has 1 rings (SSSR count). The molecule has 1 N–H and O–H groups in total. The molecule has 0 aromatic rings. The van der Waals surface area contributed by atoms with Gasteiger partial charge in [0.15, 0.2) is 0 Å². The Morgan fingerprint density at radius 3 is 2.42 bits per heavy atom. The molecule has 1 aliphatic rings. The summed E-state index contributed by atoms with van der Waals surface area (Å²) in [7, 11) is 0. The molecule has 1 fully saturated rings. The van der Waals surface area contributed by atoms with Gasteiger partial charge in [-0.2, -0.15) is 0 Å². The minimum absolute atomic E-state index is 0.808. The summed E-state index contributed by atoms with van der Waals surface area (Å²) in [5.74, 6) is 1.68. The molecule has 1 aliphatic carbocycles. The van der Waals surface area contributed by atoms with Gasteiger partial charge in [-0.15, -0.1) is 0 Å². The highest BCUT2D eigenvalue weighted by molar-refractivity contribution is 5.84. The lowest BCUT2D eigenvalue weighted by Gasteiger charge is -2.23. The zero-order chi connectivity index (χ0) is 8.97. The van der Waals surface area contributed by atoms with E-state index in [1.165, 1.54) is 19.3 Å². The maximum Gasteiger partial charge on any atom is 0.0571 e. The first-order valence-corrected chi connectivity index (χ1v) is 4.92. The molecule has 0 radical (unpaired) electrons. The zero-order valence-corrected chi connectivity index (χ0v) is 8.08. The standard InChI is InChI=1S/C10H19NO/c1-8(2)7-9-3-5-10(11-12)6-4-9/h8-9,12H,3-7H2,1-2H3. The van der Waals surface area contributed by atoms with Crippen LogP contribution in [-0.4, -0.2) is 10.9 Å². The average molecular weight is 169 g/mol. The van der Waals surface area contributed by atoms with Gasteiger partial charge >= 0.3 is 0 Å². The number of oxime groups is 1. The third-order valence-corrected chi connectivity index (χ3v) is 2.63. The third-order valence-electron chi connectivity index (χ3n) is 2.63. The molecule has 12 heavy (non-hydrogen) atoms. The molecule has 0 heterocycles. The second kappa shape index (κ2) is 4.48. The Morgan fingerprint density at radius 1 is 1.42 bits per heavy atom. The number of nitrogens with zero attached hydrogens (tertiary/aromatic N) is 1. The molecular formula is C10H19NO. The summed E-state index contributed by atoms with van der Waals surface area (Å²) in [6, 6.07) is 0. The van der Waals surface area contributed by atoms with Crippen molar-refractivity contribution in [2.75, 3.05) is 0 Å². The molecule has 0 aliphatic heterocycles. The average Bonchev–Trinajstić information content (AvgIpc) is 2.05. The van der Waals surface area contributed by atoms with Crippen LogP contribution in [0.15, 0.2) is 5.16 Å². The topological polar surface area (TPSA) is 32.6 Å². The van der Waals surface area contributed by atoms with Gasteiger partial charge < -0.3 is 5.21 Å². The van der Waals surface area contributed by atoms with Crippen molar-refractivity contribution >= 4 is 5.71 Å². The van der Waals surface area contributed by atoms with E-state index in [9.17, 15) is 0 Å². The fraction of sp³-hybridized carbons (Fsp3) is 0.900. The first kappa shape index (κ1) is 9.56. The van der Waals surface area contributed by atoms with Crippen LogP contribution in [0.5, 0.6) is 0 Å². The summed E-state index contributed by atoms with van der Waals surface area (Å²) in [4.78, 5) is 0. The third kappa shape index (κ3) is 2.84. The molecule has 70 valence electrons. The van der Waals surface area contributed by atoms with Crippen LogP contribution in [0.2, 0.25) is 0 Å². The summed E-state index contributed by atoms with van der Waals surface area (Å²) in [5, 5.41) is 11.8. The Bertz CT molecular complexity index is 153. The van der Waals surface area contributed by atoms with Crippen LogP contribution in [0.4, 0.5) is 0 Å². The van der Waals surface area contributed by atoms with Crippen LogP contribution in [-0.2, 0) is 0 Å². The minimum Gasteiger partial charge on any atom is -0.411 e. The largest absolute Gasteiger partial charge is 0.411 e. The lowest BCUT2D eigenvalue weighted by Crippen LogP contribution is -2.15. The van der Waals surface area contributed by atoms with Gasteiger partial charge in [0, 0.05) is 0 Å². The molecular weight excluding hydrogens is 150 g/mol. The molecule has 0 unspecified atom stereocenters. The Morgan fingerprint density at radius 2 is 2.00 bits per heavy atom. The maximum atomic E-state index is 8.55. The summed E-state index contributed by atoms with van der Waals surface area (Å²) < 4.78 is 0. The Kier molecular flexibility index (Phi) is 3.57. The van der Waals surface area contributed by atoms with Gasteiger partial charge in [0.25, 0.3) is 0 Å². The molecule has 2 nitrogen and oxygen atoms in total. The fourth-order valence-electron chi connectivity index (χ4n) is 2.01. The van der Waals surface area contributed by atoms with Gasteiger partial charge in [0.05, 0.1) is 5.71 Å². The van der Waals surface area contributed by atoms with E-state index in [2.05, 4.69) is 19.0 Å². The lowest BCUT2D eigenvalue weighted by molar-refractivity contribution is 0.304. The molecule has 0 atom stereocenters. The van der Waals surface area contributed by atoms with E-state index >= 15 is 0 Å². The number of hydrogen-bond donors (Lipinski definition) is 1. The van der Waals surface area contributed by atoms with Gasteiger partial charge in [-0.3, -0.25) is 0 Å². The highest BCUT2D eigenvalue weighted by Crippen LogP contribution is 2.27. The Labute approximate surface area is 74.7 Å². The molecule has 2 heteroatoms. The molecule has 0 saturated heterocycles. The van der Waals surface area contributed by atoms with E-state index in [1.807, 2.05) is 0 Å². The first-order valence-electron chi connectivity index (χ1n) is 4.92. The van der Waals surface area contributed by atoms with Gasteiger partial charge in [0.1, 0.15) is 0 Å². The predicted molar refractivity (Wildman–Crippen MR) is 50.6 cm³/mol. The van der Waals surface area contributed by atoms with Crippen molar-refractivity contribution in [3.8, 4) is 0 Å². The van der Waals surface area contributed by atoms with Crippen molar-refractivity contribution in [3.05, 3.63) is 0 Å².